The zero-order chi connectivity index (χ0) is 15.7. The number of benzene rings is 1. The van der Waals surface area contributed by atoms with E-state index in [-0.39, 0.29) is 5.91 Å². The van der Waals surface area contributed by atoms with Gasteiger partial charge in [-0.15, -0.1) is 0 Å². The third kappa shape index (κ3) is 3.09. The summed E-state index contributed by atoms with van der Waals surface area (Å²) in [6, 6.07) is 6.37. The van der Waals surface area contributed by atoms with Gasteiger partial charge in [-0.2, -0.15) is 13.2 Å². The fraction of sp³-hybridized carbons (Fsp3) is 0.400. The number of fused-ring (bicyclic) bond motifs is 1. The SMILES string of the molecule is O=C(c1ccc2c(ccn2CC(F)(F)F)c1)N1CCOCC1. The van der Waals surface area contributed by atoms with Crippen LogP contribution in [0.15, 0.2) is 30.5 Å². The van der Waals surface area contributed by atoms with E-state index < -0.39 is 12.7 Å². The summed E-state index contributed by atoms with van der Waals surface area (Å²) >= 11 is 0. The van der Waals surface area contributed by atoms with Gasteiger partial charge in [0.2, 0.25) is 0 Å². The van der Waals surface area contributed by atoms with Crippen molar-refractivity contribution in [1.29, 1.82) is 0 Å². The normalized spacial score (nSPS) is 16.2. The predicted octanol–water partition coefficient (Wildman–Crippen LogP) is 2.68. The molecule has 7 heteroatoms. The van der Waals surface area contributed by atoms with E-state index in [9.17, 15) is 18.0 Å². The van der Waals surface area contributed by atoms with Crippen molar-refractivity contribution >= 4 is 16.8 Å². The van der Waals surface area contributed by atoms with Gasteiger partial charge >= 0.3 is 6.18 Å². The number of alkyl halides is 3. The second-order valence-electron chi connectivity index (χ2n) is 5.24. The maximum absolute atomic E-state index is 12.5. The van der Waals surface area contributed by atoms with Gasteiger partial charge in [0.1, 0.15) is 6.54 Å². The lowest BCUT2D eigenvalue weighted by Crippen LogP contribution is -2.40. The van der Waals surface area contributed by atoms with E-state index in [2.05, 4.69) is 0 Å². The van der Waals surface area contributed by atoms with Crippen LogP contribution >= 0.6 is 0 Å². The first kappa shape index (κ1) is 14.9. The topological polar surface area (TPSA) is 34.5 Å². The number of halogens is 3. The lowest BCUT2D eigenvalue weighted by molar-refractivity contribution is -0.139. The van der Waals surface area contributed by atoms with E-state index in [0.29, 0.717) is 42.8 Å². The minimum absolute atomic E-state index is 0.117. The Kier molecular flexibility index (Phi) is 3.82. The molecule has 0 N–H and O–H groups in total. The van der Waals surface area contributed by atoms with Crippen LogP contribution in [-0.2, 0) is 11.3 Å². The Morgan fingerprint density at radius 2 is 1.91 bits per heavy atom. The van der Waals surface area contributed by atoms with Crippen LogP contribution in [0.5, 0.6) is 0 Å². The fourth-order valence-electron chi connectivity index (χ4n) is 2.61. The Bertz CT molecular complexity index is 688. The first-order chi connectivity index (χ1) is 10.4. The summed E-state index contributed by atoms with van der Waals surface area (Å²) in [4.78, 5) is 14.1. The summed E-state index contributed by atoms with van der Waals surface area (Å²) in [6.45, 7) is 1.05. The van der Waals surface area contributed by atoms with Crippen LogP contribution in [0.3, 0.4) is 0 Å². The summed E-state index contributed by atoms with van der Waals surface area (Å²) in [6.07, 6.45) is -2.88. The Hall–Kier alpha value is -2.02. The zero-order valence-corrected chi connectivity index (χ0v) is 11.8. The van der Waals surface area contributed by atoms with Crippen molar-refractivity contribution in [3.63, 3.8) is 0 Å². The molecule has 0 spiro atoms. The van der Waals surface area contributed by atoms with E-state index in [0.717, 1.165) is 4.57 Å². The molecular weight excluding hydrogens is 297 g/mol. The van der Waals surface area contributed by atoms with Gasteiger partial charge in [-0.05, 0) is 24.3 Å². The second-order valence-corrected chi connectivity index (χ2v) is 5.24. The molecule has 2 heterocycles. The summed E-state index contributed by atoms with van der Waals surface area (Å²) in [7, 11) is 0. The maximum atomic E-state index is 12.5. The van der Waals surface area contributed by atoms with Crippen LogP contribution in [0, 0.1) is 0 Å². The Morgan fingerprint density at radius 1 is 1.18 bits per heavy atom. The molecule has 1 aromatic carbocycles. The molecular formula is C15H15F3N2O2. The summed E-state index contributed by atoms with van der Waals surface area (Å²) < 4.78 is 43.9. The quantitative estimate of drug-likeness (QED) is 0.854. The van der Waals surface area contributed by atoms with E-state index >= 15 is 0 Å². The molecule has 2 aromatic rings. The molecule has 22 heavy (non-hydrogen) atoms. The van der Waals surface area contributed by atoms with Crippen LogP contribution in [0.1, 0.15) is 10.4 Å². The average molecular weight is 312 g/mol. The number of hydrogen-bond donors (Lipinski definition) is 0. The molecule has 1 aliphatic rings. The molecule has 0 saturated carbocycles. The van der Waals surface area contributed by atoms with Crippen LogP contribution in [0.2, 0.25) is 0 Å². The summed E-state index contributed by atoms with van der Waals surface area (Å²) in [5.41, 5.74) is 0.954. The first-order valence-corrected chi connectivity index (χ1v) is 6.97. The highest BCUT2D eigenvalue weighted by molar-refractivity contribution is 5.98. The molecule has 118 valence electrons. The third-order valence-corrected chi connectivity index (χ3v) is 3.67. The van der Waals surface area contributed by atoms with Crippen molar-refractivity contribution < 1.29 is 22.7 Å². The van der Waals surface area contributed by atoms with Crippen molar-refractivity contribution in [3.05, 3.63) is 36.0 Å². The van der Waals surface area contributed by atoms with Crippen molar-refractivity contribution in [2.45, 2.75) is 12.7 Å². The minimum Gasteiger partial charge on any atom is -0.378 e. The Balaban J connectivity index is 1.86. The Labute approximate surface area is 125 Å². The number of nitrogens with zero attached hydrogens (tertiary/aromatic N) is 2. The molecule has 0 aliphatic carbocycles. The van der Waals surface area contributed by atoms with Gasteiger partial charge in [0.25, 0.3) is 5.91 Å². The van der Waals surface area contributed by atoms with Crippen LogP contribution < -0.4 is 0 Å². The maximum Gasteiger partial charge on any atom is 0.406 e. The molecule has 3 rings (SSSR count). The molecule has 0 unspecified atom stereocenters. The zero-order valence-electron chi connectivity index (χ0n) is 11.8. The van der Waals surface area contributed by atoms with E-state index in [1.54, 1.807) is 29.2 Å². The fourth-order valence-corrected chi connectivity index (χ4v) is 2.61. The molecule has 0 bridgehead atoms. The summed E-state index contributed by atoms with van der Waals surface area (Å²) in [5.74, 6) is -0.117. The molecule has 1 aromatic heterocycles. The van der Waals surface area contributed by atoms with E-state index in [4.69, 9.17) is 4.74 Å². The van der Waals surface area contributed by atoms with Crippen LogP contribution in [0.4, 0.5) is 13.2 Å². The molecule has 1 amide bonds. The van der Waals surface area contributed by atoms with Gasteiger partial charge < -0.3 is 14.2 Å². The van der Waals surface area contributed by atoms with Crippen LogP contribution in [0.25, 0.3) is 10.9 Å². The highest BCUT2D eigenvalue weighted by Gasteiger charge is 2.28. The molecule has 0 radical (unpaired) electrons. The van der Waals surface area contributed by atoms with Crippen LogP contribution in [-0.4, -0.2) is 47.9 Å². The highest BCUT2D eigenvalue weighted by Crippen LogP contribution is 2.24. The lowest BCUT2D eigenvalue weighted by Gasteiger charge is -2.26. The second kappa shape index (κ2) is 5.64. The number of aromatic nitrogens is 1. The van der Waals surface area contributed by atoms with Crippen molar-refractivity contribution in [3.8, 4) is 0 Å². The predicted molar refractivity (Wildman–Crippen MR) is 74.7 cm³/mol. The number of morpholine rings is 1. The number of carbonyl (C=O) groups excluding carboxylic acids is 1. The first-order valence-electron chi connectivity index (χ1n) is 6.97. The van der Waals surface area contributed by atoms with Gasteiger partial charge in [0.15, 0.2) is 0 Å². The van der Waals surface area contributed by atoms with Crippen molar-refractivity contribution in [2.75, 3.05) is 26.3 Å². The van der Waals surface area contributed by atoms with Gasteiger partial charge in [0, 0.05) is 35.8 Å². The molecule has 1 aliphatic heterocycles. The van der Waals surface area contributed by atoms with E-state index in [1.807, 2.05) is 0 Å². The van der Waals surface area contributed by atoms with Crippen molar-refractivity contribution in [1.82, 2.24) is 9.47 Å². The largest absolute Gasteiger partial charge is 0.406 e. The number of hydrogen-bond acceptors (Lipinski definition) is 2. The van der Waals surface area contributed by atoms with Gasteiger partial charge in [-0.25, -0.2) is 0 Å². The monoisotopic (exact) mass is 312 g/mol. The van der Waals surface area contributed by atoms with Gasteiger partial charge in [-0.3, -0.25) is 4.79 Å². The number of carbonyl (C=O) groups is 1. The lowest BCUT2D eigenvalue weighted by atomic mass is 10.1. The number of rotatable bonds is 2. The highest BCUT2D eigenvalue weighted by atomic mass is 19.4. The number of ether oxygens (including phenoxy) is 1. The molecule has 4 nitrogen and oxygen atoms in total. The number of amides is 1. The minimum atomic E-state index is -4.27. The smallest absolute Gasteiger partial charge is 0.378 e. The summed E-state index contributed by atoms with van der Waals surface area (Å²) in [5, 5.41) is 0.628. The Morgan fingerprint density at radius 3 is 2.59 bits per heavy atom. The molecule has 0 atom stereocenters. The average Bonchev–Trinajstić information content (AvgIpc) is 2.88. The van der Waals surface area contributed by atoms with Gasteiger partial charge in [-0.1, -0.05) is 0 Å². The van der Waals surface area contributed by atoms with Gasteiger partial charge in [0.05, 0.1) is 13.2 Å². The third-order valence-electron chi connectivity index (χ3n) is 3.67. The standard InChI is InChI=1S/C15H15F3N2O2/c16-15(17,18)10-20-4-3-11-9-12(1-2-13(11)20)14(21)19-5-7-22-8-6-19/h1-4,9H,5-8,10H2. The van der Waals surface area contributed by atoms with Crippen molar-refractivity contribution in [2.24, 2.45) is 0 Å². The van der Waals surface area contributed by atoms with E-state index in [1.165, 1.54) is 6.20 Å². The molecule has 1 saturated heterocycles. The molecule has 1 fully saturated rings.